The molecule has 1 fully saturated rings. The molecule has 0 aromatic carbocycles. The van der Waals surface area contributed by atoms with Gasteiger partial charge in [-0.2, -0.15) is 0 Å². The Morgan fingerprint density at radius 1 is 1.20 bits per heavy atom. The predicted octanol–water partition coefficient (Wildman–Crippen LogP) is 2.50. The molecule has 1 aliphatic rings. The molecule has 1 rings (SSSR count). The highest BCUT2D eigenvalue weighted by Gasteiger charge is 2.22. The molecule has 0 aromatic heterocycles. The third kappa shape index (κ3) is 4.52. The van der Waals surface area contributed by atoms with Crippen molar-refractivity contribution in [3.05, 3.63) is 0 Å². The van der Waals surface area contributed by atoms with Crippen LogP contribution < -0.4 is 5.32 Å². The smallest absolute Gasteiger partial charge is 0.00679 e. The molecule has 0 aliphatic carbocycles. The molecule has 2 heteroatoms. The van der Waals surface area contributed by atoms with Gasteiger partial charge in [0.1, 0.15) is 0 Å². The second-order valence-corrected chi connectivity index (χ2v) is 4.92. The number of rotatable bonds is 6. The number of likely N-dealkylation sites (tertiary alicyclic amines) is 1. The third-order valence-electron chi connectivity index (χ3n) is 3.60. The molecular weight excluding hydrogens is 184 g/mol. The van der Waals surface area contributed by atoms with Gasteiger partial charge < -0.3 is 10.2 Å². The summed E-state index contributed by atoms with van der Waals surface area (Å²) in [6.07, 6.45) is 5.32. The number of nitrogens with one attached hydrogen (secondary N) is 1. The van der Waals surface area contributed by atoms with Gasteiger partial charge in [0.05, 0.1) is 0 Å². The first kappa shape index (κ1) is 13.0. The van der Waals surface area contributed by atoms with Crippen LogP contribution in [0.3, 0.4) is 0 Å². The lowest BCUT2D eigenvalue weighted by atomic mass is 9.90. The van der Waals surface area contributed by atoms with Gasteiger partial charge in [-0.15, -0.1) is 0 Å². The fourth-order valence-electron chi connectivity index (χ4n) is 2.53. The topological polar surface area (TPSA) is 15.3 Å². The van der Waals surface area contributed by atoms with Crippen LogP contribution in [0.1, 0.15) is 46.5 Å². The minimum Gasteiger partial charge on any atom is -0.314 e. The molecule has 0 radical (unpaired) electrons. The molecular formula is C13H28N2. The minimum atomic E-state index is 0.716. The average Bonchev–Trinajstić information content (AvgIpc) is 2.27. The first-order chi connectivity index (χ1) is 7.27. The van der Waals surface area contributed by atoms with Gasteiger partial charge in [0, 0.05) is 6.04 Å². The summed E-state index contributed by atoms with van der Waals surface area (Å²) >= 11 is 0. The number of hydrogen-bond acceptors (Lipinski definition) is 2. The Morgan fingerprint density at radius 3 is 2.40 bits per heavy atom. The van der Waals surface area contributed by atoms with E-state index in [0.29, 0.717) is 6.04 Å². The van der Waals surface area contributed by atoms with E-state index < -0.39 is 0 Å². The molecule has 0 bridgehead atoms. The van der Waals surface area contributed by atoms with E-state index in [1.165, 1.54) is 51.9 Å². The van der Waals surface area contributed by atoms with Crippen LogP contribution in [0.5, 0.6) is 0 Å². The Hall–Kier alpha value is -0.0800. The molecule has 15 heavy (non-hydrogen) atoms. The van der Waals surface area contributed by atoms with E-state index in [0.717, 1.165) is 5.92 Å². The Morgan fingerprint density at radius 2 is 1.87 bits per heavy atom. The summed E-state index contributed by atoms with van der Waals surface area (Å²) in [5, 5.41) is 3.63. The Bertz CT molecular complexity index is 151. The van der Waals surface area contributed by atoms with Crippen molar-refractivity contribution in [3.63, 3.8) is 0 Å². The highest BCUT2D eigenvalue weighted by Crippen LogP contribution is 2.20. The zero-order chi connectivity index (χ0) is 11.1. The van der Waals surface area contributed by atoms with Crippen LogP contribution >= 0.6 is 0 Å². The van der Waals surface area contributed by atoms with Crippen LogP contribution in [0.2, 0.25) is 0 Å². The predicted molar refractivity (Wildman–Crippen MR) is 67.2 cm³/mol. The SMILES string of the molecule is CCCNC(C)C1CCN(CCC)CC1. The summed E-state index contributed by atoms with van der Waals surface area (Å²) in [6.45, 7) is 12.0. The van der Waals surface area contributed by atoms with Crippen molar-refractivity contribution in [3.8, 4) is 0 Å². The summed E-state index contributed by atoms with van der Waals surface area (Å²) in [5.41, 5.74) is 0. The van der Waals surface area contributed by atoms with Crippen molar-refractivity contribution in [2.75, 3.05) is 26.2 Å². The zero-order valence-electron chi connectivity index (χ0n) is 10.8. The Kier molecular flexibility index (Phi) is 6.26. The minimum absolute atomic E-state index is 0.716. The summed E-state index contributed by atoms with van der Waals surface area (Å²) in [4.78, 5) is 2.61. The van der Waals surface area contributed by atoms with Crippen molar-refractivity contribution in [2.45, 2.75) is 52.5 Å². The van der Waals surface area contributed by atoms with Crippen molar-refractivity contribution in [1.29, 1.82) is 0 Å². The Labute approximate surface area is 95.4 Å². The van der Waals surface area contributed by atoms with Gasteiger partial charge in [-0.25, -0.2) is 0 Å². The van der Waals surface area contributed by atoms with Crippen molar-refractivity contribution in [1.82, 2.24) is 10.2 Å². The highest BCUT2D eigenvalue weighted by molar-refractivity contribution is 4.79. The lowest BCUT2D eigenvalue weighted by Gasteiger charge is -2.35. The van der Waals surface area contributed by atoms with E-state index in [1.54, 1.807) is 0 Å². The highest BCUT2D eigenvalue weighted by atomic mass is 15.1. The Balaban J connectivity index is 2.18. The average molecular weight is 212 g/mol. The zero-order valence-corrected chi connectivity index (χ0v) is 10.8. The largest absolute Gasteiger partial charge is 0.314 e. The van der Waals surface area contributed by atoms with Gasteiger partial charge in [0.25, 0.3) is 0 Å². The van der Waals surface area contributed by atoms with Gasteiger partial charge in [0.2, 0.25) is 0 Å². The van der Waals surface area contributed by atoms with Gasteiger partial charge in [-0.1, -0.05) is 13.8 Å². The van der Waals surface area contributed by atoms with Crippen molar-refractivity contribution < 1.29 is 0 Å². The van der Waals surface area contributed by atoms with E-state index in [-0.39, 0.29) is 0 Å². The molecule has 0 spiro atoms. The first-order valence-electron chi connectivity index (χ1n) is 6.73. The van der Waals surface area contributed by atoms with Gasteiger partial charge >= 0.3 is 0 Å². The number of piperidine rings is 1. The van der Waals surface area contributed by atoms with Crippen LogP contribution in [0.25, 0.3) is 0 Å². The molecule has 0 amide bonds. The van der Waals surface area contributed by atoms with Crippen LogP contribution in [0, 0.1) is 5.92 Å². The van der Waals surface area contributed by atoms with E-state index in [4.69, 9.17) is 0 Å². The molecule has 0 saturated carbocycles. The maximum Gasteiger partial charge on any atom is 0.00679 e. The summed E-state index contributed by atoms with van der Waals surface area (Å²) in [6, 6.07) is 0.716. The van der Waals surface area contributed by atoms with Crippen molar-refractivity contribution >= 4 is 0 Å². The lowest BCUT2D eigenvalue weighted by molar-refractivity contribution is 0.163. The fourth-order valence-corrected chi connectivity index (χ4v) is 2.53. The van der Waals surface area contributed by atoms with E-state index in [9.17, 15) is 0 Å². The van der Waals surface area contributed by atoms with Gasteiger partial charge in [0.15, 0.2) is 0 Å². The van der Waals surface area contributed by atoms with E-state index >= 15 is 0 Å². The standard InChI is InChI=1S/C13H28N2/c1-4-8-14-12(3)13-6-10-15(9-5-2)11-7-13/h12-14H,4-11H2,1-3H3. The lowest BCUT2D eigenvalue weighted by Crippen LogP contribution is -2.42. The van der Waals surface area contributed by atoms with Crippen LogP contribution in [-0.2, 0) is 0 Å². The van der Waals surface area contributed by atoms with E-state index in [1.807, 2.05) is 0 Å². The second kappa shape index (κ2) is 7.24. The summed E-state index contributed by atoms with van der Waals surface area (Å²) < 4.78 is 0. The summed E-state index contributed by atoms with van der Waals surface area (Å²) in [5.74, 6) is 0.907. The second-order valence-electron chi connectivity index (χ2n) is 4.92. The molecule has 1 saturated heterocycles. The monoisotopic (exact) mass is 212 g/mol. The molecule has 0 aromatic rings. The fraction of sp³-hybridized carbons (Fsp3) is 1.00. The molecule has 1 unspecified atom stereocenters. The maximum atomic E-state index is 3.63. The van der Waals surface area contributed by atoms with Crippen LogP contribution in [0.15, 0.2) is 0 Å². The maximum absolute atomic E-state index is 3.63. The third-order valence-corrected chi connectivity index (χ3v) is 3.60. The quantitative estimate of drug-likeness (QED) is 0.728. The van der Waals surface area contributed by atoms with Gasteiger partial charge in [-0.05, 0) is 64.7 Å². The van der Waals surface area contributed by atoms with Crippen molar-refractivity contribution in [2.24, 2.45) is 5.92 Å². The molecule has 90 valence electrons. The number of hydrogen-bond donors (Lipinski definition) is 1. The van der Waals surface area contributed by atoms with E-state index in [2.05, 4.69) is 31.0 Å². The van der Waals surface area contributed by atoms with Crippen LogP contribution in [-0.4, -0.2) is 37.1 Å². The number of nitrogens with zero attached hydrogens (tertiary/aromatic N) is 1. The van der Waals surface area contributed by atoms with Crippen LogP contribution in [0.4, 0.5) is 0 Å². The molecule has 1 N–H and O–H groups in total. The molecule has 2 nitrogen and oxygen atoms in total. The summed E-state index contributed by atoms with van der Waals surface area (Å²) in [7, 11) is 0. The first-order valence-corrected chi connectivity index (χ1v) is 6.73. The normalized spacial score (nSPS) is 21.8. The molecule has 1 atom stereocenters. The molecule has 1 heterocycles. The van der Waals surface area contributed by atoms with Gasteiger partial charge in [-0.3, -0.25) is 0 Å². The molecule has 1 aliphatic heterocycles.